The van der Waals surface area contributed by atoms with E-state index in [9.17, 15) is 18.0 Å². The largest absolute Gasteiger partial charge is 0.444 e. The molecule has 0 spiro atoms. The summed E-state index contributed by atoms with van der Waals surface area (Å²) in [5.41, 5.74) is 0.552. The lowest BCUT2D eigenvalue weighted by Crippen LogP contribution is -2.39. The van der Waals surface area contributed by atoms with Crippen LogP contribution in [0.1, 0.15) is 54.6 Å². The minimum Gasteiger partial charge on any atom is -0.444 e. The average Bonchev–Trinajstić information content (AvgIpc) is 3.62. The van der Waals surface area contributed by atoms with Crippen LogP contribution in [-0.4, -0.2) is 43.7 Å². The summed E-state index contributed by atoms with van der Waals surface area (Å²) in [7, 11) is -3.87. The Morgan fingerprint density at radius 3 is 2.52 bits per heavy atom. The number of carbonyl (C=O) groups is 2. The van der Waals surface area contributed by atoms with Crippen LogP contribution in [0, 0.1) is 5.92 Å². The summed E-state index contributed by atoms with van der Waals surface area (Å²) in [4.78, 5) is 25.6. The first kappa shape index (κ1) is 23.7. The highest BCUT2D eigenvalue weighted by molar-refractivity contribution is 7.89. The molecule has 1 aliphatic carbocycles. The maximum Gasteiger partial charge on any atom is 0.339 e. The predicted octanol–water partition coefficient (Wildman–Crippen LogP) is 3.94. The number of sulfonamides is 1. The number of piperidine rings is 1. The Hall–Kier alpha value is -2.42. The van der Waals surface area contributed by atoms with E-state index in [1.807, 2.05) is 6.92 Å². The average molecular weight is 491 g/mol. The van der Waals surface area contributed by atoms with Gasteiger partial charge in [0, 0.05) is 24.7 Å². The molecule has 2 aromatic rings. The molecule has 2 unspecified atom stereocenters. The smallest absolute Gasteiger partial charge is 0.339 e. The number of hydrogen-bond donors (Lipinski definition) is 1. The van der Waals surface area contributed by atoms with E-state index in [0.29, 0.717) is 18.7 Å². The number of amides is 1. The lowest BCUT2D eigenvalue weighted by molar-refractivity contribution is -0.130. The molecule has 1 amide bonds. The second kappa shape index (κ2) is 9.83. The van der Waals surface area contributed by atoms with Crippen molar-refractivity contribution in [2.24, 2.45) is 5.92 Å². The highest BCUT2D eigenvalue weighted by Gasteiger charge is 2.33. The quantitative estimate of drug-likeness (QED) is 0.593. The molecule has 1 N–H and O–H groups in total. The second-order valence-corrected chi connectivity index (χ2v) is 11.0. The lowest BCUT2D eigenvalue weighted by atomic mass is 10.0. The summed E-state index contributed by atoms with van der Waals surface area (Å²) in [5.74, 6) is -0.951. The second-order valence-electron chi connectivity index (χ2n) is 8.73. The van der Waals surface area contributed by atoms with Crippen LogP contribution in [0.4, 0.5) is 0 Å². The molecule has 2 fully saturated rings. The number of rotatable bonds is 7. The fourth-order valence-electron chi connectivity index (χ4n) is 3.91. The SMILES string of the molecule is CC1CCCN(S(=O)(=O)c2cc(C(=O)OC(C(=O)NC3CC3)c3ccccc3)ccc2Cl)C1. The van der Waals surface area contributed by atoms with Crippen LogP contribution in [0.3, 0.4) is 0 Å². The molecule has 1 saturated carbocycles. The zero-order chi connectivity index (χ0) is 23.6. The Kier molecular flexibility index (Phi) is 7.07. The fourth-order valence-corrected chi connectivity index (χ4v) is 6.01. The van der Waals surface area contributed by atoms with Crippen molar-refractivity contribution in [1.82, 2.24) is 9.62 Å². The van der Waals surface area contributed by atoms with E-state index in [-0.39, 0.29) is 27.4 Å². The molecule has 0 aromatic heterocycles. The molecule has 7 nitrogen and oxygen atoms in total. The third-order valence-electron chi connectivity index (χ3n) is 5.89. The van der Waals surface area contributed by atoms with Gasteiger partial charge in [0.25, 0.3) is 5.91 Å². The van der Waals surface area contributed by atoms with Gasteiger partial charge in [0.15, 0.2) is 0 Å². The number of ether oxygens (including phenoxy) is 1. The van der Waals surface area contributed by atoms with Gasteiger partial charge in [-0.1, -0.05) is 48.9 Å². The molecular formula is C24H27ClN2O5S. The normalized spacial score (nSPS) is 20.1. The van der Waals surface area contributed by atoms with Gasteiger partial charge in [0.2, 0.25) is 16.1 Å². The van der Waals surface area contributed by atoms with Gasteiger partial charge in [-0.05, 0) is 49.8 Å². The topological polar surface area (TPSA) is 92.8 Å². The molecule has 4 rings (SSSR count). The van der Waals surface area contributed by atoms with Crippen molar-refractivity contribution >= 4 is 33.5 Å². The fraction of sp³-hybridized carbons (Fsp3) is 0.417. The molecule has 176 valence electrons. The summed E-state index contributed by atoms with van der Waals surface area (Å²) in [6.45, 7) is 2.83. The predicted molar refractivity (Wildman–Crippen MR) is 124 cm³/mol. The van der Waals surface area contributed by atoms with E-state index in [2.05, 4.69) is 5.32 Å². The summed E-state index contributed by atoms with van der Waals surface area (Å²) in [5, 5.41) is 2.90. The summed E-state index contributed by atoms with van der Waals surface area (Å²) >= 11 is 6.24. The monoisotopic (exact) mass is 490 g/mol. The molecule has 0 radical (unpaired) electrons. The van der Waals surface area contributed by atoms with Gasteiger partial charge in [-0.2, -0.15) is 4.31 Å². The Morgan fingerprint density at radius 1 is 1.12 bits per heavy atom. The number of halogens is 1. The van der Waals surface area contributed by atoms with E-state index >= 15 is 0 Å². The van der Waals surface area contributed by atoms with E-state index in [1.54, 1.807) is 30.3 Å². The van der Waals surface area contributed by atoms with Crippen LogP contribution in [0.2, 0.25) is 5.02 Å². The Labute approximate surface area is 199 Å². The summed E-state index contributed by atoms with van der Waals surface area (Å²) in [6.07, 6.45) is 2.39. The van der Waals surface area contributed by atoms with Crippen LogP contribution >= 0.6 is 11.6 Å². The first-order valence-electron chi connectivity index (χ1n) is 11.1. The Bertz CT molecular complexity index is 1130. The molecule has 33 heavy (non-hydrogen) atoms. The van der Waals surface area contributed by atoms with E-state index < -0.39 is 28.0 Å². The van der Waals surface area contributed by atoms with Crippen molar-refractivity contribution in [1.29, 1.82) is 0 Å². The molecule has 9 heteroatoms. The number of nitrogens with zero attached hydrogens (tertiary/aromatic N) is 1. The molecule has 1 heterocycles. The van der Waals surface area contributed by atoms with Gasteiger partial charge in [0.1, 0.15) is 4.90 Å². The van der Waals surface area contributed by atoms with Crippen molar-refractivity contribution in [2.45, 2.75) is 49.6 Å². The highest BCUT2D eigenvalue weighted by Crippen LogP contribution is 2.30. The highest BCUT2D eigenvalue weighted by atomic mass is 35.5. The van der Waals surface area contributed by atoms with Crippen LogP contribution in [0.15, 0.2) is 53.4 Å². The van der Waals surface area contributed by atoms with Crippen molar-refractivity contribution in [2.75, 3.05) is 13.1 Å². The van der Waals surface area contributed by atoms with Crippen LogP contribution in [0.5, 0.6) is 0 Å². The lowest BCUT2D eigenvalue weighted by Gasteiger charge is -2.30. The first-order valence-corrected chi connectivity index (χ1v) is 12.9. The third kappa shape index (κ3) is 5.57. The van der Waals surface area contributed by atoms with Gasteiger partial charge >= 0.3 is 5.97 Å². The zero-order valence-electron chi connectivity index (χ0n) is 18.4. The minimum atomic E-state index is -3.87. The van der Waals surface area contributed by atoms with E-state index in [4.69, 9.17) is 16.3 Å². The first-order chi connectivity index (χ1) is 15.8. The van der Waals surface area contributed by atoms with Crippen molar-refractivity contribution < 1.29 is 22.7 Å². The van der Waals surface area contributed by atoms with Gasteiger partial charge in [-0.3, -0.25) is 4.79 Å². The Balaban J connectivity index is 1.59. The summed E-state index contributed by atoms with van der Waals surface area (Å²) < 4.78 is 33.5. The maximum atomic E-state index is 13.2. The molecule has 1 saturated heterocycles. The molecule has 2 atom stereocenters. The number of nitrogens with one attached hydrogen (secondary N) is 1. The number of benzene rings is 2. The molecule has 0 bridgehead atoms. The zero-order valence-corrected chi connectivity index (χ0v) is 19.9. The van der Waals surface area contributed by atoms with E-state index in [0.717, 1.165) is 25.7 Å². The van der Waals surface area contributed by atoms with Crippen LogP contribution < -0.4 is 5.32 Å². The van der Waals surface area contributed by atoms with Crippen molar-refractivity contribution in [3.63, 3.8) is 0 Å². The maximum absolute atomic E-state index is 13.2. The Morgan fingerprint density at radius 2 is 1.85 bits per heavy atom. The minimum absolute atomic E-state index is 0.0168. The van der Waals surface area contributed by atoms with E-state index in [1.165, 1.54) is 22.5 Å². The van der Waals surface area contributed by atoms with Crippen molar-refractivity contribution in [3.05, 3.63) is 64.7 Å². The number of hydrogen-bond acceptors (Lipinski definition) is 5. The number of carbonyl (C=O) groups excluding carboxylic acids is 2. The van der Waals surface area contributed by atoms with Crippen molar-refractivity contribution in [3.8, 4) is 0 Å². The standard InChI is InChI=1S/C24H27ClN2O5S/c1-16-6-5-13-27(15-16)33(30,31)21-14-18(9-12-20(21)25)24(29)32-22(17-7-3-2-4-8-17)23(28)26-19-10-11-19/h2-4,7-9,12,14,16,19,22H,5-6,10-11,13,15H2,1H3,(H,26,28). The van der Waals surface area contributed by atoms with Gasteiger partial charge in [0.05, 0.1) is 10.6 Å². The van der Waals surface area contributed by atoms with Crippen LogP contribution in [-0.2, 0) is 19.6 Å². The van der Waals surface area contributed by atoms with Gasteiger partial charge in [-0.25, -0.2) is 13.2 Å². The van der Waals surface area contributed by atoms with Crippen LogP contribution in [0.25, 0.3) is 0 Å². The third-order valence-corrected chi connectivity index (χ3v) is 8.24. The summed E-state index contributed by atoms with van der Waals surface area (Å²) in [6, 6.07) is 12.9. The molecular weight excluding hydrogens is 464 g/mol. The molecule has 2 aliphatic rings. The molecule has 2 aromatic carbocycles. The van der Waals surface area contributed by atoms with Gasteiger partial charge in [-0.15, -0.1) is 0 Å². The molecule has 1 aliphatic heterocycles. The number of esters is 1. The van der Waals surface area contributed by atoms with Gasteiger partial charge < -0.3 is 10.1 Å².